The molecule has 4 heteroatoms. The third-order valence-corrected chi connectivity index (χ3v) is 5.21. The Balaban J connectivity index is 1.40. The average molecular weight is 318 g/mol. The first kappa shape index (κ1) is 16.9. The largest absolute Gasteiger partial charge is 0.388 e. The summed E-state index contributed by atoms with van der Waals surface area (Å²) in [6.07, 6.45) is 2.36. The van der Waals surface area contributed by atoms with E-state index < -0.39 is 5.60 Å². The molecule has 3 rings (SSSR count). The van der Waals surface area contributed by atoms with Crippen LogP contribution in [0.2, 0.25) is 0 Å². The Hall–Kier alpha value is -0.940. The van der Waals surface area contributed by atoms with Crippen molar-refractivity contribution < 1.29 is 9.84 Å². The smallest absolute Gasteiger partial charge is 0.0869 e. The number of aryl methyl sites for hydroxylation is 1. The molecular formula is C19H30N2O2. The van der Waals surface area contributed by atoms with Crippen molar-refractivity contribution in [2.24, 2.45) is 0 Å². The van der Waals surface area contributed by atoms with Crippen LogP contribution in [0.3, 0.4) is 0 Å². The Morgan fingerprint density at radius 3 is 2.65 bits per heavy atom. The Bertz CT molecular complexity index is 506. The molecule has 128 valence electrons. The fraction of sp³-hybridized carbons (Fsp3) is 0.684. The molecular weight excluding hydrogens is 288 g/mol. The monoisotopic (exact) mass is 318 g/mol. The minimum absolute atomic E-state index is 0.538. The van der Waals surface area contributed by atoms with E-state index >= 15 is 0 Å². The molecule has 1 atom stereocenters. The number of morpholine rings is 1. The lowest BCUT2D eigenvalue weighted by Crippen LogP contribution is -2.53. The number of hydrogen-bond donors (Lipinski definition) is 2. The Morgan fingerprint density at radius 1 is 1.26 bits per heavy atom. The van der Waals surface area contributed by atoms with E-state index in [1.54, 1.807) is 0 Å². The zero-order chi connectivity index (χ0) is 16.3. The summed E-state index contributed by atoms with van der Waals surface area (Å²) in [5, 5.41) is 14.2. The Morgan fingerprint density at radius 2 is 1.96 bits per heavy atom. The first-order chi connectivity index (χ1) is 11.0. The van der Waals surface area contributed by atoms with E-state index in [0.717, 1.165) is 32.8 Å². The van der Waals surface area contributed by atoms with Crippen molar-refractivity contribution in [2.75, 3.05) is 39.4 Å². The van der Waals surface area contributed by atoms with E-state index in [2.05, 4.69) is 41.4 Å². The topological polar surface area (TPSA) is 44.7 Å². The predicted octanol–water partition coefficient (Wildman–Crippen LogP) is 1.91. The Kier molecular flexibility index (Phi) is 5.37. The van der Waals surface area contributed by atoms with Crippen LogP contribution in [0.4, 0.5) is 0 Å². The maximum absolute atomic E-state index is 10.6. The zero-order valence-electron chi connectivity index (χ0n) is 14.4. The molecule has 0 spiro atoms. The average Bonchev–Trinajstić information content (AvgIpc) is 2.48. The molecule has 1 saturated carbocycles. The predicted molar refractivity (Wildman–Crippen MR) is 92.8 cm³/mol. The molecule has 2 fully saturated rings. The molecule has 4 nitrogen and oxygen atoms in total. The lowest BCUT2D eigenvalue weighted by molar-refractivity contribution is -0.0241. The molecule has 1 heterocycles. The van der Waals surface area contributed by atoms with Gasteiger partial charge >= 0.3 is 0 Å². The standard InChI is InChI=1S/C19H30N2O2/c1-15-5-3-4-6-18(15)16-11-17(12-16)20-13-19(2,22)14-21-7-9-23-10-8-21/h3-6,16-17,20,22H,7-14H2,1-2H3/t16?,17?,19-/m1/s1. The van der Waals surface area contributed by atoms with Crippen molar-refractivity contribution in [3.63, 3.8) is 0 Å². The van der Waals surface area contributed by atoms with Crippen molar-refractivity contribution in [3.8, 4) is 0 Å². The van der Waals surface area contributed by atoms with Gasteiger partial charge in [-0.15, -0.1) is 0 Å². The highest BCUT2D eigenvalue weighted by Gasteiger charge is 2.33. The first-order valence-corrected chi connectivity index (χ1v) is 8.85. The van der Waals surface area contributed by atoms with E-state index in [1.165, 1.54) is 24.0 Å². The highest BCUT2D eigenvalue weighted by molar-refractivity contribution is 5.31. The summed E-state index contributed by atoms with van der Waals surface area (Å²) in [4.78, 5) is 2.29. The number of β-amino-alcohol motifs (C(OH)–C–C–N with tert-alkyl or cyclic N) is 1. The van der Waals surface area contributed by atoms with Crippen LogP contribution in [0.15, 0.2) is 24.3 Å². The normalized spacial score (nSPS) is 28.1. The van der Waals surface area contributed by atoms with Crippen molar-refractivity contribution >= 4 is 0 Å². The third-order valence-electron chi connectivity index (χ3n) is 5.21. The van der Waals surface area contributed by atoms with Crippen LogP contribution in [0.5, 0.6) is 0 Å². The summed E-state index contributed by atoms with van der Waals surface area (Å²) in [6, 6.07) is 9.23. The van der Waals surface area contributed by atoms with Crippen LogP contribution in [0.1, 0.15) is 36.8 Å². The molecule has 0 aromatic heterocycles. The number of nitrogens with zero attached hydrogens (tertiary/aromatic N) is 1. The van der Waals surface area contributed by atoms with E-state index in [4.69, 9.17) is 4.74 Å². The highest BCUT2D eigenvalue weighted by Crippen LogP contribution is 2.38. The van der Waals surface area contributed by atoms with Crippen LogP contribution in [0, 0.1) is 6.92 Å². The molecule has 23 heavy (non-hydrogen) atoms. The SMILES string of the molecule is Cc1ccccc1C1CC(NC[C@@](C)(O)CN2CCOCC2)C1. The fourth-order valence-electron chi connectivity index (χ4n) is 3.74. The molecule has 1 saturated heterocycles. The molecule has 1 aliphatic carbocycles. The van der Waals surface area contributed by atoms with Gasteiger partial charge < -0.3 is 15.2 Å². The molecule has 1 aromatic carbocycles. The lowest BCUT2D eigenvalue weighted by Gasteiger charge is -2.40. The van der Waals surface area contributed by atoms with Crippen molar-refractivity contribution in [3.05, 3.63) is 35.4 Å². The highest BCUT2D eigenvalue weighted by atomic mass is 16.5. The summed E-state index contributed by atoms with van der Waals surface area (Å²) in [5.74, 6) is 0.679. The maximum Gasteiger partial charge on any atom is 0.0869 e. The van der Waals surface area contributed by atoms with Crippen LogP contribution < -0.4 is 5.32 Å². The minimum atomic E-state index is -0.676. The van der Waals surface area contributed by atoms with E-state index in [1.807, 2.05) is 6.92 Å². The molecule has 2 aliphatic rings. The zero-order valence-corrected chi connectivity index (χ0v) is 14.4. The lowest BCUT2D eigenvalue weighted by atomic mass is 9.74. The van der Waals surface area contributed by atoms with Gasteiger partial charge in [-0.1, -0.05) is 24.3 Å². The molecule has 2 N–H and O–H groups in total. The second-order valence-corrected chi connectivity index (χ2v) is 7.49. The van der Waals surface area contributed by atoms with Gasteiger partial charge in [0.25, 0.3) is 0 Å². The van der Waals surface area contributed by atoms with Crippen molar-refractivity contribution in [1.82, 2.24) is 10.2 Å². The summed E-state index contributed by atoms with van der Waals surface area (Å²) in [5.41, 5.74) is 2.21. The van der Waals surface area contributed by atoms with Crippen molar-refractivity contribution in [1.29, 1.82) is 0 Å². The van der Waals surface area contributed by atoms with Gasteiger partial charge in [-0.2, -0.15) is 0 Å². The summed E-state index contributed by atoms with van der Waals surface area (Å²) >= 11 is 0. The quantitative estimate of drug-likeness (QED) is 0.841. The molecule has 1 aromatic rings. The van der Waals surface area contributed by atoms with Gasteiger partial charge in [-0.05, 0) is 43.7 Å². The van der Waals surface area contributed by atoms with Gasteiger partial charge in [-0.3, -0.25) is 4.90 Å². The first-order valence-electron chi connectivity index (χ1n) is 8.85. The minimum Gasteiger partial charge on any atom is -0.388 e. The number of benzene rings is 1. The van der Waals surface area contributed by atoms with Gasteiger partial charge in [0.15, 0.2) is 0 Å². The van der Waals surface area contributed by atoms with Crippen LogP contribution in [0.25, 0.3) is 0 Å². The van der Waals surface area contributed by atoms with Gasteiger partial charge in [0.1, 0.15) is 0 Å². The molecule has 0 bridgehead atoms. The summed E-state index contributed by atoms with van der Waals surface area (Å²) < 4.78 is 5.36. The molecule has 0 radical (unpaired) electrons. The molecule has 0 amide bonds. The number of hydrogen-bond acceptors (Lipinski definition) is 4. The van der Waals surface area contributed by atoms with Crippen LogP contribution in [-0.4, -0.2) is 61.0 Å². The fourth-order valence-corrected chi connectivity index (χ4v) is 3.74. The number of rotatable bonds is 6. The molecule has 1 aliphatic heterocycles. The third kappa shape index (κ3) is 4.54. The van der Waals surface area contributed by atoms with Gasteiger partial charge in [-0.25, -0.2) is 0 Å². The van der Waals surface area contributed by atoms with Gasteiger partial charge in [0.2, 0.25) is 0 Å². The van der Waals surface area contributed by atoms with E-state index in [0.29, 0.717) is 18.5 Å². The number of ether oxygens (including phenoxy) is 1. The summed E-state index contributed by atoms with van der Waals surface area (Å²) in [7, 11) is 0. The van der Waals surface area contributed by atoms with Gasteiger partial charge in [0.05, 0.1) is 18.8 Å². The van der Waals surface area contributed by atoms with Crippen LogP contribution >= 0.6 is 0 Å². The number of nitrogens with one attached hydrogen (secondary N) is 1. The summed E-state index contributed by atoms with van der Waals surface area (Å²) in [6.45, 7) is 8.93. The van der Waals surface area contributed by atoms with Crippen molar-refractivity contribution in [2.45, 2.75) is 44.2 Å². The van der Waals surface area contributed by atoms with E-state index in [9.17, 15) is 5.11 Å². The van der Waals surface area contributed by atoms with E-state index in [-0.39, 0.29) is 0 Å². The Labute approximate surface area is 139 Å². The molecule has 0 unspecified atom stereocenters. The second kappa shape index (κ2) is 7.31. The second-order valence-electron chi connectivity index (χ2n) is 7.49. The van der Waals surface area contributed by atoms with Gasteiger partial charge in [0, 0.05) is 32.2 Å². The number of aliphatic hydroxyl groups is 1. The maximum atomic E-state index is 10.6. The van der Waals surface area contributed by atoms with Crippen LogP contribution in [-0.2, 0) is 4.74 Å².